The second-order valence-electron chi connectivity index (χ2n) is 4.30. The fourth-order valence-corrected chi connectivity index (χ4v) is 1.26. The van der Waals surface area contributed by atoms with Crippen LogP contribution in [0.25, 0.3) is 0 Å². The minimum absolute atomic E-state index is 0.935. The van der Waals surface area contributed by atoms with Gasteiger partial charge in [-0.2, -0.15) is 0 Å². The molecule has 0 aliphatic heterocycles. The van der Waals surface area contributed by atoms with Crippen molar-refractivity contribution in [2.24, 2.45) is 17.8 Å². The molecule has 0 radical (unpaired) electrons. The van der Waals surface area contributed by atoms with Crippen molar-refractivity contribution in [3.63, 3.8) is 0 Å². The van der Waals surface area contributed by atoms with Crippen LogP contribution in [-0.4, -0.2) is 0 Å². The zero-order chi connectivity index (χ0) is 9.56. The molecule has 0 N–H and O–H groups in total. The van der Waals surface area contributed by atoms with Crippen molar-refractivity contribution in [1.82, 2.24) is 0 Å². The molecule has 1 aliphatic rings. The van der Waals surface area contributed by atoms with E-state index in [1.807, 2.05) is 0 Å². The summed E-state index contributed by atoms with van der Waals surface area (Å²) in [6.45, 7) is 11.3. The van der Waals surface area contributed by atoms with Crippen molar-refractivity contribution < 1.29 is 0 Å². The highest BCUT2D eigenvalue weighted by molar-refractivity contribution is 4.80. The van der Waals surface area contributed by atoms with Gasteiger partial charge in [0.05, 0.1) is 0 Å². The molecule has 12 heavy (non-hydrogen) atoms. The summed E-state index contributed by atoms with van der Waals surface area (Å²) in [5, 5.41) is 0. The fourth-order valence-electron chi connectivity index (χ4n) is 1.26. The number of hydrogen-bond acceptors (Lipinski definition) is 0. The Kier molecular flexibility index (Phi) is 6.51. The molecule has 0 heterocycles. The van der Waals surface area contributed by atoms with Gasteiger partial charge in [-0.1, -0.05) is 53.9 Å². The van der Waals surface area contributed by atoms with Crippen LogP contribution >= 0.6 is 0 Å². The molecule has 0 nitrogen and oxygen atoms in total. The Morgan fingerprint density at radius 3 is 1.58 bits per heavy atom. The minimum Gasteiger partial charge on any atom is -0.0651 e. The SMILES string of the molecule is CCC(C)CC.CCC1CC1C. The quantitative estimate of drug-likeness (QED) is 0.585. The van der Waals surface area contributed by atoms with E-state index in [0.29, 0.717) is 0 Å². The molecule has 0 spiro atoms. The molecule has 74 valence electrons. The summed E-state index contributed by atoms with van der Waals surface area (Å²) in [6.07, 6.45) is 5.56. The number of rotatable bonds is 3. The van der Waals surface area contributed by atoms with Gasteiger partial charge in [-0.15, -0.1) is 0 Å². The van der Waals surface area contributed by atoms with Gasteiger partial charge in [0.25, 0.3) is 0 Å². The summed E-state index contributed by atoms with van der Waals surface area (Å²) in [5.74, 6) is 3.10. The van der Waals surface area contributed by atoms with Crippen LogP contribution in [0.3, 0.4) is 0 Å². The van der Waals surface area contributed by atoms with Crippen molar-refractivity contribution in [2.75, 3.05) is 0 Å². The molecule has 1 fully saturated rings. The molecular weight excluding hydrogens is 144 g/mol. The Balaban J connectivity index is 0.000000202. The predicted octanol–water partition coefficient (Wildman–Crippen LogP) is 4.49. The van der Waals surface area contributed by atoms with E-state index >= 15 is 0 Å². The Bertz CT molecular complexity index is 85.5. The molecule has 1 saturated carbocycles. The van der Waals surface area contributed by atoms with Gasteiger partial charge in [-0.05, 0) is 24.2 Å². The van der Waals surface area contributed by atoms with Crippen LogP contribution in [0, 0.1) is 17.8 Å². The summed E-state index contributed by atoms with van der Waals surface area (Å²) in [7, 11) is 0. The van der Waals surface area contributed by atoms with Gasteiger partial charge in [0.1, 0.15) is 0 Å². The predicted molar refractivity (Wildman–Crippen MR) is 57.3 cm³/mol. The molecule has 0 aromatic heterocycles. The van der Waals surface area contributed by atoms with Gasteiger partial charge < -0.3 is 0 Å². The van der Waals surface area contributed by atoms with Gasteiger partial charge in [0.2, 0.25) is 0 Å². The molecular formula is C12H26. The van der Waals surface area contributed by atoms with E-state index in [9.17, 15) is 0 Å². The van der Waals surface area contributed by atoms with Gasteiger partial charge >= 0.3 is 0 Å². The van der Waals surface area contributed by atoms with Gasteiger partial charge in [-0.25, -0.2) is 0 Å². The molecule has 0 saturated heterocycles. The second-order valence-corrected chi connectivity index (χ2v) is 4.30. The van der Waals surface area contributed by atoms with E-state index in [1.165, 1.54) is 25.7 Å². The molecule has 0 aromatic carbocycles. The summed E-state index contributed by atoms with van der Waals surface area (Å²) in [6, 6.07) is 0. The molecule has 0 amide bonds. The average molecular weight is 170 g/mol. The Labute approximate surface area is 78.8 Å². The summed E-state index contributed by atoms with van der Waals surface area (Å²) >= 11 is 0. The van der Waals surface area contributed by atoms with Crippen molar-refractivity contribution in [1.29, 1.82) is 0 Å². The smallest absolute Gasteiger partial charge is 0.0388 e. The lowest BCUT2D eigenvalue weighted by molar-refractivity contribution is 0.544. The lowest BCUT2D eigenvalue weighted by Gasteiger charge is -1.98. The lowest BCUT2D eigenvalue weighted by Crippen LogP contribution is -1.85. The van der Waals surface area contributed by atoms with E-state index in [0.717, 1.165) is 17.8 Å². The minimum atomic E-state index is 0.935. The standard InChI is InChI=1S/C6H12.C6H14/c1-3-6-4-5(6)2;1-4-6(3)5-2/h5-6H,3-4H2,1-2H3;6H,4-5H2,1-3H3. The first-order chi connectivity index (χ1) is 5.65. The largest absolute Gasteiger partial charge is 0.0651 e. The van der Waals surface area contributed by atoms with E-state index < -0.39 is 0 Å². The van der Waals surface area contributed by atoms with Crippen LogP contribution in [0.5, 0.6) is 0 Å². The molecule has 2 atom stereocenters. The van der Waals surface area contributed by atoms with Crippen LogP contribution in [0.2, 0.25) is 0 Å². The first kappa shape index (κ1) is 12.0. The summed E-state index contributed by atoms with van der Waals surface area (Å²) in [4.78, 5) is 0. The highest BCUT2D eigenvalue weighted by Crippen LogP contribution is 2.39. The highest BCUT2D eigenvalue weighted by Gasteiger charge is 2.29. The summed E-state index contributed by atoms with van der Waals surface area (Å²) < 4.78 is 0. The van der Waals surface area contributed by atoms with Crippen LogP contribution < -0.4 is 0 Å². The molecule has 2 unspecified atom stereocenters. The summed E-state index contributed by atoms with van der Waals surface area (Å²) in [5.41, 5.74) is 0. The van der Waals surface area contributed by atoms with E-state index in [-0.39, 0.29) is 0 Å². The van der Waals surface area contributed by atoms with Gasteiger partial charge in [0, 0.05) is 0 Å². The highest BCUT2D eigenvalue weighted by atomic mass is 14.3. The molecule has 1 rings (SSSR count). The third kappa shape index (κ3) is 5.62. The van der Waals surface area contributed by atoms with Gasteiger partial charge in [0.15, 0.2) is 0 Å². The van der Waals surface area contributed by atoms with E-state index in [1.54, 1.807) is 0 Å². The monoisotopic (exact) mass is 170 g/mol. The lowest BCUT2D eigenvalue weighted by atomic mass is 10.1. The zero-order valence-corrected chi connectivity index (χ0v) is 9.56. The van der Waals surface area contributed by atoms with Crippen molar-refractivity contribution in [2.45, 2.75) is 60.3 Å². The molecule has 1 aliphatic carbocycles. The molecule has 0 heteroatoms. The maximum Gasteiger partial charge on any atom is -0.0388 e. The number of hydrogen-bond donors (Lipinski definition) is 0. The Hall–Kier alpha value is 0. The van der Waals surface area contributed by atoms with Gasteiger partial charge in [-0.3, -0.25) is 0 Å². The third-order valence-electron chi connectivity index (χ3n) is 3.19. The Morgan fingerprint density at radius 2 is 1.58 bits per heavy atom. The van der Waals surface area contributed by atoms with E-state index in [2.05, 4.69) is 34.6 Å². The Morgan fingerprint density at radius 1 is 1.17 bits per heavy atom. The fraction of sp³-hybridized carbons (Fsp3) is 1.00. The topological polar surface area (TPSA) is 0 Å². The molecule has 0 aromatic rings. The third-order valence-corrected chi connectivity index (χ3v) is 3.19. The van der Waals surface area contributed by atoms with Crippen LogP contribution in [0.4, 0.5) is 0 Å². The zero-order valence-electron chi connectivity index (χ0n) is 9.56. The first-order valence-corrected chi connectivity index (χ1v) is 5.65. The molecule has 0 bridgehead atoms. The van der Waals surface area contributed by atoms with E-state index in [4.69, 9.17) is 0 Å². The second kappa shape index (κ2) is 6.51. The first-order valence-electron chi connectivity index (χ1n) is 5.65. The normalized spacial score (nSPS) is 26.5. The maximum atomic E-state index is 2.33. The van der Waals surface area contributed by atoms with Crippen molar-refractivity contribution in [3.05, 3.63) is 0 Å². The average Bonchev–Trinajstić information content (AvgIpc) is 2.81. The van der Waals surface area contributed by atoms with Crippen molar-refractivity contribution >= 4 is 0 Å². The van der Waals surface area contributed by atoms with Crippen LogP contribution in [0.15, 0.2) is 0 Å². The maximum absolute atomic E-state index is 2.33. The van der Waals surface area contributed by atoms with Crippen LogP contribution in [0.1, 0.15) is 60.3 Å². The van der Waals surface area contributed by atoms with Crippen molar-refractivity contribution in [3.8, 4) is 0 Å². The van der Waals surface area contributed by atoms with Crippen LogP contribution in [-0.2, 0) is 0 Å².